The molecule has 0 nitrogen and oxygen atoms in total. The van der Waals surface area contributed by atoms with Gasteiger partial charge in [-0.3, -0.25) is 0 Å². The summed E-state index contributed by atoms with van der Waals surface area (Å²) in [5.41, 5.74) is 0. The predicted octanol–water partition coefficient (Wildman–Crippen LogP) is 4.64. The van der Waals surface area contributed by atoms with Crippen molar-refractivity contribution in [1.29, 1.82) is 0 Å². The molecular formula is C14H26. The first-order valence-corrected chi connectivity index (χ1v) is 6.83. The van der Waals surface area contributed by atoms with Crippen molar-refractivity contribution in [3.8, 4) is 0 Å². The van der Waals surface area contributed by atoms with E-state index in [0.29, 0.717) is 0 Å². The Morgan fingerprint density at radius 2 is 1.57 bits per heavy atom. The van der Waals surface area contributed by atoms with E-state index in [-0.39, 0.29) is 0 Å². The van der Waals surface area contributed by atoms with E-state index >= 15 is 0 Å². The van der Waals surface area contributed by atoms with Gasteiger partial charge < -0.3 is 0 Å². The van der Waals surface area contributed by atoms with Crippen molar-refractivity contribution in [1.82, 2.24) is 0 Å². The van der Waals surface area contributed by atoms with Crippen LogP contribution in [0.2, 0.25) is 0 Å². The minimum absolute atomic E-state index is 1.03. The molecule has 0 heterocycles. The fourth-order valence-corrected chi connectivity index (χ4v) is 4.12. The third-order valence-electron chi connectivity index (χ3n) is 4.97. The minimum Gasteiger partial charge on any atom is -0.0651 e. The van der Waals surface area contributed by atoms with Gasteiger partial charge in [-0.1, -0.05) is 52.4 Å². The van der Waals surface area contributed by atoms with Crippen molar-refractivity contribution in [3.63, 3.8) is 0 Å². The fraction of sp³-hybridized carbons (Fsp3) is 1.00. The molecule has 0 aromatic rings. The maximum absolute atomic E-state index is 2.51. The van der Waals surface area contributed by atoms with Gasteiger partial charge in [0.2, 0.25) is 0 Å². The first-order chi connectivity index (χ1) is 6.83. The van der Waals surface area contributed by atoms with Crippen molar-refractivity contribution in [2.75, 3.05) is 0 Å². The summed E-state index contributed by atoms with van der Waals surface area (Å²) in [5.74, 6) is 4.31. The highest BCUT2D eigenvalue weighted by atomic mass is 14.4. The first kappa shape index (κ1) is 10.5. The molecule has 0 aromatic carbocycles. The summed E-state index contributed by atoms with van der Waals surface area (Å²) in [5, 5.41) is 0. The molecule has 2 fully saturated rings. The largest absolute Gasteiger partial charge is 0.0651 e. The van der Waals surface area contributed by atoms with E-state index in [0.717, 1.165) is 23.7 Å². The van der Waals surface area contributed by atoms with E-state index < -0.39 is 0 Å². The van der Waals surface area contributed by atoms with E-state index in [9.17, 15) is 0 Å². The summed E-state index contributed by atoms with van der Waals surface area (Å²) in [7, 11) is 0. The molecule has 0 aliphatic heterocycles. The smallest absolute Gasteiger partial charge is 0.0355 e. The molecule has 2 saturated carbocycles. The average molecular weight is 194 g/mol. The van der Waals surface area contributed by atoms with Gasteiger partial charge in [0.15, 0.2) is 0 Å². The third-order valence-corrected chi connectivity index (χ3v) is 4.97. The second-order valence-corrected chi connectivity index (χ2v) is 5.69. The summed E-state index contributed by atoms with van der Waals surface area (Å²) in [6.45, 7) is 4.91. The second-order valence-electron chi connectivity index (χ2n) is 5.69. The Morgan fingerprint density at radius 3 is 2.29 bits per heavy atom. The van der Waals surface area contributed by atoms with Crippen LogP contribution in [0.3, 0.4) is 0 Å². The SMILES string of the molecule is CCC1CCCC1C1CCCCC1C. The number of rotatable bonds is 2. The fourth-order valence-electron chi connectivity index (χ4n) is 4.12. The van der Waals surface area contributed by atoms with Crippen molar-refractivity contribution < 1.29 is 0 Å². The second kappa shape index (κ2) is 4.68. The zero-order valence-corrected chi connectivity index (χ0v) is 9.97. The topological polar surface area (TPSA) is 0 Å². The van der Waals surface area contributed by atoms with E-state index in [4.69, 9.17) is 0 Å². The van der Waals surface area contributed by atoms with Gasteiger partial charge in [-0.05, 0) is 36.5 Å². The van der Waals surface area contributed by atoms with Crippen LogP contribution in [0.25, 0.3) is 0 Å². The highest BCUT2D eigenvalue weighted by molar-refractivity contribution is 4.86. The zero-order valence-electron chi connectivity index (χ0n) is 9.97. The standard InChI is InChI=1S/C14H26/c1-3-12-8-6-10-14(12)13-9-5-4-7-11(13)2/h11-14H,3-10H2,1-2H3. The minimum atomic E-state index is 1.03. The molecule has 0 saturated heterocycles. The van der Waals surface area contributed by atoms with Crippen LogP contribution in [-0.2, 0) is 0 Å². The van der Waals surface area contributed by atoms with Crippen molar-refractivity contribution >= 4 is 0 Å². The third kappa shape index (κ3) is 1.99. The molecule has 0 heteroatoms. The zero-order chi connectivity index (χ0) is 9.97. The molecule has 82 valence electrons. The molecule has 0 bridgehead atoms. The van der Waals surface area contributed by atoms with Crippen LogP contribution in [0, 0.1) is 23.7 Å². The van der Waals surface area contributed by atoms with Crippen molar-refractivity contribution in [2.45, 2.75) is 65.2 Å². The van der Waals surface area contributed by atoms with Crippen LogP contribution in [0.4, 0.5) is 0 Å². The van der Waals surface area contributed by atoms with Crippen LogP contribution >= 0.6 is 0 Å². The molecule has 0 amide bonds. The Balaban J connectivity index is 1.97. The molecule has 14 heavy (non-hydrogen) atoms. The van der Waals surface area contributed by atoms with Crippen molar-refractivity contribution in [2.24, 2.45) is 23.7 Å². The Morgan fingerprint density at radius 1 is 0.857 bits per heavy atom. The molecule has 2 rings (SSSR count). The monoisotopic (exact) mass is 194 g/mol. The molecule has 0 radical (unpaired) electrons. The van der Waals surface area contributed by atoms with Crippen LogP contribution in [0.5, 0.6) is 0 Å². The Labute approximate surface area is 89.5 Å². The average Bonchev–Trinajstić information content (AvgIpc) is 2.66. The van der Waals surface area contributed by atoms with Crippen LogP contribution in [-0.4, -0.2) is 0 Å². The normalized spacial score (nSPS) is 44.1. The highest BCUT2D eigenvalue weighted by Gasteiger charge is 2.35. The lowest BCUT2D eigenvalue weighted by Gasteiger charge is -2.36. The molecule has 4 atom stereocenters. The molecule has 4 unspecified atom stereocenters. The lowest BCUT2D eigenvalue weighted by atomic mass is 9.69. The maximum atomic E-state index is 2.51. The lowest BCUT2D eigenvalue weighted by molar-refractivity contribution is 0.140. The predicted molar refractivity (Wildman–Crippen MR) is 62.2 cm³/mol. The molecule has 0 aromatic heterocycles. The van der Waals surface area contributed by atoms with Crippen molar-refractivity contribution in [3.05, 3.63) is 0 Å². The molecule has 2 aliphatic carbocycles. The summed E-state index contributed by atoms with van der Waals surface area (Å²) in [6.07, 6.45) is 12.1. The van der Waals surface area contributed by atoms with Gasteiger partial charge in [0.25, 0.3) is 0 Å². The summed E-state index contributed by atoms with van der Waals surface area (Å²) < 4.78 is 0. The van der Waals surface area contributed by atoms with Crippen LogP contribution in [0.1, 0.15) is 65.2 Å². The van der Waals surface area contributed by atoms with E-state index in [1.165, 1.54) is 38.5 Å². The summed E-state index contributed by atoms with van der Waals surface area (Å²) in [6, 6.07) is 0. The maximum Gasteiger partial charge on any atom is -0.0355 e. The number of hydrogen-bond donors (Lipinski definition) is 0. The quantitative estimate of drug-likeness (QED) is 0.601. The lowest BCUT2D eigenvalue weighted by Crippen LogP contribution is -2.27. The highest BCUT2D eigenvalue weighted by Crippen LogP contribution is 2.46. The Kier molecular flexibility index (Phi) is 3.52. The first-order valence-electron chi connectivity index (χ1n) is 6.83. The van der Waals surface area contributed by atoms with Gasteiger partial charge in [-0.2, -0.15) is 0 Å². The van der Waals surface area contributed by atoms with Crippen LogP contribution < -0.4 is 0 Å². The molecular weight excluding hydrogens is 168 g/mol. The molecule has 0 spiro atoms. The van der Waals surface area contributed by atoms with E-state index in [1.807, 2.05) is 0 Å². The molecule has 2 aliphatic rings. The molecule has 0 N–H and O–H groups in total. The summed E-state index contributed by atoms with van der Waals surface area (Å²) >= 11 is 0. The van der Waals surface area contributed by atoms with E-state index in [2.05, 4.69) is 13.8 Å². The van der Waals surface area contributed by atoms with Crippen LogP contribution in [0.15, 0.2) is 0 Å². The number of hydrogen-bond acceptors (Lipinski definition) is 0. The summed E-state index contributed by atoms with van der Waals surface area (Å²) in [4.78, 5) is 0. The Bertz CT molecular complexity index is 173. The van der Waals surface area contributed by atoms with Gasteiger partial charge in [-0.25, -0.2) is 0 Å². The van der Waals surface area contributed by atoms with Gasteiger partial charge in [0.05, 0.1) is 0 Å². The van der Waals surface area contributed by atoms with Gasteiger partial charge in [-0.15, -0.1) is 0 Å². The Hall–Kier alpha value is 0. The van der Waals surface area contributed by atoms with Gasteiger partial charge >= 0.3 is 0 Å². The van der Waals surface area contributed by atoms with Gasteiger partial charge in [0.1, 0.15) is 0 Å². The van der Waals surface area contributed by atoms with Gasteiger partial charge in [0, 0.05) is 0 Å². The van der Waals surface area contributed by atoms with E-state index in [1.54, 1.807) is 12.8 Å².